The fraction of sp³-hybridized carbons (Fsp3) is 0.111. The van der Waals surface area contributed by atoms with E-state index in [1.807, 2.05) is 30.3 Å². The third-order valence-electron chi connectivity index (χ3n) is 1.67. The third-order valence-corrected chi connectivity index (χ3v) is 1.67. The highest BCUT2D eigenvalue weighted by Gasteiger charge is 2.06. The monoisotopic (exact) mass is 177 g/mol. The lowest BCUT2D eigenvalue weighted by atomic mass is 10.1. The standard InChI is InChI=1S/C9H11N3O/c1-7(12-13)9(11-10)8-5-3-2-4-6-8/h2-6,13H,10H2,1H3/b11-9-,12-7+. The summed E-state index contributed by atoms with van der Waals surface area (Å²) in [6, 6.07) is 9.32. The van der Waals surface area contributed by atoms with Crippen molar-refractivity contribution in [3.05, 3.63) is 35.9 Å². The van der Waals surface area contributed by atoms with Gasteiger partial charge in [-0.25, -0.2) is 0 Å². The van der Waals surface area contributed by atoms with E-state index in [0.29, 0.717) is 11.4 Å². The maximum atomic E-state index is 8.55. The molecule has 4 nitrogen and oxygen atoms in total. The summed E-state index contributed by atoms with van der Waals surface area (Å²) >= 11 is 0. The van der Waals surface area contributed by atoms with E-state index in [9.17, 15) is 0 Å². The van der Waals surface area contributed by atoms with Crippen LogP contribution in [0.1, 0.15) is 12.5 Å². The van der Waals surface area contributed by atoms with E-state index in [-0.39, 0.29) is 0 Å². The second-order valence-corrected chi connectivity index (χ2v) is 2.53. The number of hydrazone groups is 1. The van der Waals surface area contributed by atoms with Gasteiger partial charge in [0.1, 0.15) is 11.4 Å². The average Bonchev–Trinajstić information content (AvgIpc) is 2.20. The van der Waals surface area contributed by atoms with E-state index in [4.69, 9.17) is 11.0 Å². The number of nitrogens with two attached hydrogens (primary N) is 1. The van der Waals surface area contributed by atoms with Crippen molar-refractivity contribution >= 4 is 11.4 Å². The zero-order valence-electron chi connectivity index (χ0n) is 7.31. The zero-order valence-corrected chi connectivity index (χ0v) is 7.31. The van der Waals surface area contributed by atoms with Gasteiger partial charge in [0.05, 0.1) is 0 Å². The molecular formula is C9H11N3O. The van der Waals surface area contributed by atoms with Crippen LogP contribution in [0.2, 0.25) is 0 Å². The molecule has 68 valence electrons. The smallest absolute Gasteiger partial charge is 0.114 e. The van der Waals surface area contributed by atoms with Crippen LogP contribution in [0.4, 0.5) is 0 Å². The van der Waals surface area contributed by atoms with Crippen LogP contribution in [0.3, 0.4) is 0 Å². The molecule has 0 aromatic heterocycles. The average molecular weight is 177 g/mol. The molecule has 0 fully saturated rings. The van der Waals surface area contributed by atoms with Gasteiger partial charge in [0, 0.05) is 5.56 Å². The topological polar surface area (TPSA) is 71.0 Å². The molecule has 0 aliphatic rings. The van der Waals surface area contributed by atoms with Crippen molar-refractivity contribution in [3.8, 4) is 0 Å². The van der Waals surface area contributed by atoms with Gasteiger partial charge < -0.3 is 11.0 Å². The maximum Gasteiger partial charge on any atom is 0.114 e. The van der Waals surface area contributed by atoms with Crippen LogP contribution in [0, 0.1) is 0 Å². The Labute approximate surface area is 76.4 Å². The molecule has 0 saturated heterocycles. The lowest BCUT2D eigenvalue weighted by molar-refractivity contribution is 0.320. The molecule has 0 saturated carbocycles. The Morgan fingerprint density at radius 2 is 1.92 bits per heavy atom. The van der Waals surface area contributed by atoms with Crippen molar-refractivity contribution in [3.63, 3.8) is 0 Å². The summed E-state index contributed by atoms with van der Waals surface area (Å²) in [6.07, 6.45) is 0. The minimum atomic E-state index is 0.397. The number of rotatable bonds is 2. The van der Waals surface area contributed by atoms with Crippen LogP contribution >= 0.6 is 0 Å². The molecular weight excluding hydrogens is 166 g/mol. The SMILES string of the molecule is CC(=N\O)/C(=N/N)c1ccccc1. The Balaban J connectivity index is 3.07. The number of nitrogens with zero attached hydrogens (tertiary/aromatic N) is 2. The molecule has 3 N–H and O–H groups in total. The molecule has 0 heterocycles. The van der Waals surface area contributed by atoms with Gasteiger partial charge in [-0.1, -0.05) is 35.5 Å². The van der Waals surface area contributed by atoms with Crippen LogP contribution < -0.4 is 5.84 Å². The first-order chi connectivity index (χ1) is 6.29. The fourth-order valence-electron chi connectivity index (χ4n) is 1.02. The van der Waals surface area contributed by atoms with Crippen molar-refractivity contribution in [2.45, 2.75) is 6.92 Å². The first kappa shape index (κ1) is 9.25. The molecule has 1 aromatic rings. The maximum absolute atomic E-state index is 8.55. The molecule has 0 spiro atoms. The summed E-state index contributed by atoms with van der Waals surface area (Å²) in [5, 5.41) is 15.1. The van der Waals surface area contributed by atoms with E-state index in [0.717, 1.165) is 5.56 Å². The number of hydrogen-bond donors (Lipinski definition) is 2. The molecule has 0 radical (unpaired) electrons. The van der Waals surface area contributed by atoms with Crippen LogP contribution in [0.25, 0.3) is 0 Å². The molecule has 0 aliphatic heterocycles. The molecule has 0 unspecified atom stereocenters. The van der Waals surface area contributed by atoms with Gasteiger partial charge >= 0.3 is 0 Å². The number of benzene rings is 1. The summed E-state index contributed by atoms with van der Waals surface area (Å²) in [5.74, 6) is 5.18. The Bertz CT molecular complexity index is 330. The predicted molar refractivity (Wildman–Crippen MR) is 52.1 cm³/mol. The number of hydrogen-bond acceptors (Lipinski definition) is 4. The van der Waals surface area contributed by atoms with Gasteiger partial charge in [0.2, 0.25) is 0 Å². The van der Waals surface area contributed by atoms with Crippen molar-refractivity contribution < 1.29 is 5.21 Å². The Morgan fingerprint density at radius 1 is 1.31 bits per heavy atom. The highest BCUT2D eigenvalue weighted by atomic mass is 16.4. The summed E-state index contributed by atoms with van der Waals surface area (Å²) < 4.78 is 0. The highest BCUT2D eigenvalue weighted by molar-refractivity contribution is 6.47. The molecule has 1 rings (SSSR count). The largest absolute Gasteiger partial charge is 0.411 e. The first-order valence-electron chi connectivity index (χ1n) is 3.82. The van der Waals surface area contributed by atoms with E-state index < -0.39 is 0 Å². The lowest BCUT2D eigenvalue weighted by Crippen LogP contribution is -2.14. The summed E-state index contributed by atoms with van der Waals surface area (Å²) in [5.41, 5.74) is 1.72. The van der Waals surface area contributed by atoms with Crippen LogP contribution in [-0.4, -0.2) is 16.6 Å². The summed E-state index contributed by atoms with van der Waals surface area (Å²) in [6.45, 7) is 1.64. The Morgan fingerprint density at radius 3 is 2.38 bits per heavy atom. The summed E-state index contributed by atoms with van der Waals surface area (Å²) in [4.78, 5) is 0. The Kier molecular flexibility index (Phi) is 3.03. The normalized spacial score (nSPS) is 13.0. The minimum absolute atomic E-state index is 0.397. The van der Waals surface area contributed by atoms with Gasteiger partial charge in [-0.2, -0.15) is 5.10 Å². The van der Waals surface area contributed by atoms with E-state index in [1.165, 1.54) is 0 Å². The van der Waals surface area contributed by atoms with Crippen molar-refractivity contribution in [1.29, 1.82) is 0 Å². The highest BCUT2D eigenvalue weighted by Crippen LogP contribution is 2.01. The van der Waals surface area contributed by atoms with E-state index >= 15 is 0 Å². The van der Waals surface area contributed by atoms with Crippen molar-refractivity contribution in [2.24, 2.45) is 16.1 Å². The molecule has 1 aromatic carbocycles. The lowest BCUT2D eigenvalue weighted by Gasteiger charge is -2.01. The summed E-state index contributed by atoms with van der Waals surface area (Å²) in [7, 11) is 0. The molecule has 0 bridgehead atoms. The van der Waals surface area contributed by atoms with Crippen LogP contribution in [0.5, 0.6) is 0 Å². The molecule has 0 amide bonds. The van der Waals surface area contributed by atoms with Gasteiger partial charge in [0.15, 0.2) is 0 Å². The Hall–Kier alpha value is -1.84. The fourth-order valence-corrected chi connectivity index (χ4v) is 1.02. The van der Waals surface area contributed by atoms with Gasteiger partial charge in [-0.15, -0.1) is 0 Å². The first-order valence-corrected chi connectivity index (χ1v) is 3.82. The van der Waals surface area contributed by atoms with Crippen molar-refractivity contribution in [2.75, 3.05) is 0 Å². The minimum Gasteiger partial charge on any atom is -0.411 e. The van der Waals surface area contributed by atoms with Gasteiger partial charge in [0.25, 0.3) is 0 Å². The second-order valence-electron chi connectivity index (χ2n) is 2.53. The molecule has 0 atom stereocenters. The van der Waals surface area contributed by atoms with Crippen LogP contribution in [-0.2, 0) is 0 Å². The second kappa shape index (κ2) is 4.25. The van der Waals surface area contributed by atoms with Crippen molar-refractivity contribution in [1.82, 2.24) is 0 Å². The van der Waals surface area contributed by atoms with E-state index in [2.05, 4.69) is 10.3 Å². The predicted octanol–water partition coefficient (Wildman–Crippen LogP) is 1.20. The molecule has 4 heteroatoms. The quantitative estimate of drug-likeness (QED) is 0.308. The van der Waals surface area contributed by atoms with Gasteiger partial charge in [-0.3, -0.25) is 0 Å². The zero-order chi connectivity index (χ0) is 9.68. The van der Waals surface area contributed by atoms with Gasteiger partial charge in [-0.05, 0) is 6.92 Å². The molecule has 0 aliphatic carbocycles. The number of oxime groups is 1. The third kappa shape index (κ3) is 2.05. The van der Waals surface area contributed by atoms with Crippen LogP contribution in [0.15, 0.2) is 40.6 Å². The molecule has 13 heavy (non-hydrogen) atoms. The van der Waals surface area contributed by atoms with E-state index in [1.54, 1.807) is 6.92 Å².